The van der Waals surface area contributed by atoms with Gasteiger partial charge in [0, 0.05) is 13.0 Å². The molecule has 0 bridgehead atoms. The standard InChI is InChI=1S/C22H26ClF3N4OS/c1-2-12-30-19(11-8-15-6-4-3-5-7-15)28-29-21(30)32-14-20(31)27-18-13-16(22(24,25)26)9-10-17(18)23/h2,9-10,13,15H,1,3-8,11-12,14H2,(H,27,31). The minimum absolute atomic E-state index is 0.0372. The number of halogens is 4. The van der Waals surface area contributed by atoms with E-state index in [1.54, 1.807) is 6.08 Å². The van der Waals surface area contributed by atoms with E-state index in [0.717, 1.165) is 42.8 Å². The van der Waals surface area contributed by atoms with Crippen LogP contribution in [0.25, 0.3) is 0 Å². The van der Waals surface area contributed by atoms with Crippen LogP contribution < -0.4 is 5.32 Å². The lowest BCUT2D eigenvalue weighted by Gasteiger charge is -2.21. The summed E-state index contributed by atoms with van der Waals surface area (Å²) in [5, 5.41) is 11.6. The summed E-state index contributed by atoms with van der Waals surface area (Å²) in [4.78, 5) is 12.4. The van der Waals surface area contributed by atoms with Crippen LogP contribution in [0, 0.1) is 5.92 Å². The van der Waals surface area contributed by atoms with Crippen LogP contribution in [0.4, 0.5) is 18.9 Å². The van der Waals surface area contributed by atoms with Crippen LogP contribution in [0.2, 0.25) is 5.02 Å². The van der Waals surface area contributed by atoms with Gasteiger partial charge in [-0.05, 0) is 30.5 Å². The van der Waals surface area contributed by atoms with Gasteiger partial charge in [-0.1, -0.05) is 61.5 Å². The molecule has 3 rings (SSSR count). The van der Waals surface area contributed by atoms with E-state index in [-0.39, 0.29) is 16.5 Å². The molecular formula is C22H26ClF3N4OS. The molecule has 0 aliphatic heterocycles. The molecule has 0 radical (unpaired) electrons. The molecule has 1 aromatic carbocycles. The van der Waals surface area contributed by atoms with Gasteiger partial charge in [0.15, 0.2) is 5.16 Å². The van der Waals surface area contributed by atoms with E-state index in [1.165, 1.54) is 43.9 Å². The third-order valence-corrected chi connectivity index (χ3v) is 6.80. The molecule has 1 saturated carbocycles. The number of nitrogens with zero attached hydrogens (tertiary/aromatic N) is 3. The van der Waals surface area contributed by atoms with Crippen molar-refractivity contribution in [2.45, 2.75) is 62.8 Å². The molecule has 2 aromatic rings. The van der Waals surface area contributed by atoms with Gasteiger partial charge in [-0.3, -0.25) is 4.79 Å². The Kier molecular flexibility index (Phi) is 8.64. The van der Waals surface area contributed by atoms with Crippen molar-refractivity contribution in [3.05, 3.63) is 47.3 Å². The first-order chi connectivity index (χ1) is 15.3. The summed E-state index contributed by atoms with van der Waals surface area (Å²) in [5.41, 5.74) is -0.953. The second-order valence-corrected chi connectivity index (χ2v) is 9.22. The van der Waals surface area contributed by atoms with Gasteiger partial charge < -0.3 is 9.88 Å². The molecule has 1 aliphatic carbocycles. The van der Waals surface area contributed by atoms with Gasteiger partial charge in [0.05, 0.1) is 22.0 Å². The fourth-order valence-electron chi connectivity index (χ4n) is 3.85. The number of aryl methyl sites for hydroxylation is 1. The average molecular weight is 487 g/mol. The van der Waals surface area contributed by atoms with Crippen molar-refractivity contribution >= 4 is 35.0 Å². The molecule has 1 aliphatic rings. The monoisotopic (exact) mass is 486 g/mol. The van der Waals surface area contributed by atoms with Gasteiger partial charge in [0.25, 0.3) is 0 Å². The molecule has 1 heterocycles. The highest BCUT2D eigenvalue weighted by Gasteiger charge is 2.31. The lowest BCUT2D eigenvalue weighted by atomic mass is 9.86. The number of anilines is 1. The summed E-state index contributed by atoms with van der Waals surface area (Å²) >= 11 is 7.13. The number of carbonyl (C=O) groups is 1. The first-order valence-corrected chi connectivity index (χ1v) is 12.0. The molecule has 0 atom stereocenters. The van der Waals surface area contributed by atoms with E-state index < -0.39 is 17.6 Å². The number of thioether (sulfide) groups is 1. The van der Waals surface area contributed by atoms with Gasteiger partial charge in [-0.2, -0.15) is 13.2 Å². The Morgan fingerprint density at radius 1 is 1.28 bits per heavy atom. The van der Waals surface area contributed by atoms with Crippen molar-refractivity contribution in [1.29, 1.82) is 0 Å². The number of hydrogen-bond acceptors (Lipinski definition) is 4. The third-order valence-electron chi connectivity index (χ3n) is 5.51. The molecule has 174 valence electrons. The van der Waals surface area contributed by atoms with E-state index in [2.05, 4.69) is 22.1 Å². The van der Waals surface area contributed by atoms with Crippen LogP contribution in [0.5, 0.6) is 0 Å². The van der Waals surface area contributed by atoms with E-state index in [1.807, 2.05) is 4.57 Å². The number of allylic oxidation sites excluding steroid dienone is 1. The minimum Gasteiger partial charge on any atom is -0.324 e. The second kappa shape index (κ2) is 11.2. The number of amides is 1. The normalized spacial score (nSPS) is 15.0. The predicted molar refractivity (Wildman–Crippen MR) is 121 cm³/mol. The second-order valence-electron chi connectivity index (χ2n) is 7.87. The van der Waals surface area contributed by atoms with E-state index in [9.17, 15) is 18.0 Å². The van der Waals surface area contributed by atoms with Crippen LogP contribution >= 0.6 is 23.4 Å². The Morgan fingerprint density at radius 3 is 2.72 bits per heavy atom. The Morgan fingerprint density at radius 2 is 2.03 bits per heavy atom. The third kappa shape index (κ3) is 6.75. The zero-order chi connectivity index (χ0) is 23.1. The number of hydrogen-bond donors (Lipinski definition) is 1. The van der Waals surface area contributed by atoms with Crippen molar-refractivity contribution in [1.82, 2.24) is 14.8 Å². The minimum atomic E-state index is -4.52. The fourth-order valence-corrected chi connectivity index (χ4v) is 4.78. The summed E-state index contributed by atoms with van der Waals surface area (Å²) in [6, 6.07) is 2.82. The molecule has 10 heteroatoms. The zero-order valence-corrected chi connectivity index (χ0v) is 19.2. The SMILES string of the molecule is C=CCn1c(CCC2CCCCC2)nnc1SCC(=O)Nc1cc(C(F)(F)F)ccc1Cl. The molecule has 1 fully saturated rings. The summed E-state index contributed by atoms with van der Waals surface area (Å²) in [5.74, 6) is 1.06. The number of carbonyl (C=O) groups excluding carboxylic acids is 1. The van der Waals surface area contributed by atoms with Crippen molar-refractivity contribution in [2.24, 2.45) is 5.92 Å². The van der Waals surface area contributed by atoms with Crippen molar-refractivity contribution in [3.63, 3.8) is 0 Å². The topological polar surface area (TPSA) is 59.8 Å². The van der Waals surface area contributed by atoms with Crippen LogP contribution in [-0.4, -0.2) is 26.4 Å². The van der Waals surface area contributed by atoms with Gasteiger partial charge in [0.2, 0.25) is 5.91 Å². The Hall–Kier alpha value is -2.00. The fraction of sp³-hybridized carbons (Fsp3) is 0.500. The summed E-state index contributed by atoms with van der Waals surface area (Å²) in [7, 11) is 0. The number of aromatic nitrogens is 3. The lowest BCUT2D eigenvalue weighted by molar-refractivity contribution is -0.137. The number of nitrogens with one attached hydrogen (secondary N) is 1. The summed E-state index contributed by atoms with van der Waals surface area (Å²) < 4.78 is 40.7. The van der Waals surface area contributed by atoms with E-state index in [4.69, 9.17) is 11.6 Å². The van der Waals surface area contributed by atoms with Crippen LogP contribution in [0.1, 0.15) is 49.9 Å². The van der Waals surface area contributed by atoms with Crippen molar-refractivity contribution < 1.29 is 18.0 Å². The smallest absolute Gasteiger partial charge is 0.324 e. The molecule has 0 unspecified atom stereocenters. The van der Waals surface area contributed by atoms with Crippen molar-refractivity contribution in [2.75, 3.05) is 11.1 Å². The highest BCUT2D eigenvalue weighted by Crippen LogP contribution is 2.34. The van der Waals surface area contributed by atoms with Crippen LogP contribution in [-0.2, 0) is 23.9 Å². The Labute approximate surface area is 194 Å². The highest BCUT2D eigenvalue weighted by atomic mass is 35.5. The molecule has 0 spiro atoms. The van der Waals surface area contributed by atoms with E-state index >= 15 is 0 Å². The Balaban J connectivity index is 1.60. The maximum atomic E-state index is 12.9. The lowest BCUT2D eigenvalue weighted by Crippen LogP contribution is -2.16. The van der Waals surface area contributed by atoms with Gasteiger partial charge in [0.1, 0.15) is 5.82 Å². The first kappa shape index (κ1) is 24.6. The average Bonchev–Trinajstić information content (AvgIpc) is 3.14. The largest absolute Gasteiger partial charge is 0.416 e. The van der Waals surface area contributed by atoms with Crippen LogP contribution in [0.15, 0.2) is 36.0 Å². The summed E-state index contributed by atoms with van der Waals surface area (Å²) in [6.45, 7) is 4.31. The number of rotatable bonds is 9. The van der Waals surface area contributed by atoms with Crippen LogP contribution in [0.3, 0.4) is 0 Å². The molecule has 1 N–H and O–H groups in total. The van der Waals surface area contributed by atoms with Gasteiger partial charge in [-0.15, -0.1) is 16.8 Å². The quantitative estimate of drug-likeness (QED) is 0.330. The predicted octanol–water partition coefficient (Wildman–Crippen LogP) is 6.38. The Bertz CT molecular complexity index is 942. The summed E-state index contributed by atoms with van der Waals surface area (Å²) in [6.07, 6.45) is 5.52. The maximum absolute atomic E-state index is 12.9. The molecule has 1 amide bonds. The first-order valence-electron chi connectivity index (χ1n) is 10.6. The van der Waals surface area contributed by atoms with Gasteiger partial charge >= 0.3 is 6.18 Å². The maximum Gasteiger partial charge on any atom is 0.416 e. The molecule has 5 nitrogen and oxygen atoms in total. The zero-order valence-electron chi connectivity index (χ0n) is 17.6. The highest BCUT2D eigenvalue weighted by molar-refractivity contribution is 7.99. The molecular weight excluding hydrogens is 461 g/mol. The van der Waals surface area contributed by atoms with E-state index in [0.29, 0.717) is 11.7 Å². The van der Waals surface area contributed by atoms with Crippen molar-refractivity contribution in [3.8, 4) is 0 Å². The molecule has 0 saturated heterocycles. The number of alkyl halides is 3. The van der Waals surface area contributed by atoms with Gasteiger partial charge in [-0.25, -0.2) is 0 Å². The number of benzene rings is 1. The molecule has 1 aromatic heterocycles. The molecule has 32 heavy (non-hydrogen) atoms.